The van der Waals surface area contributed by atoms with Crippen LogP contribution in [0.5, 0.6) is 0 Å². The smallest absolute Gasteiger partial charge is 0.300 e. The minimum absolute atomic E-state index is 0.833. The van der Waals surface area contributed by atoms with Gasteiger partial charge in [0.25, 0.3) is 5.97 Å². The highest BCUT2D eigenvalue weighted by Gasteiger charge is 2.15. The van der Waals surface area contributed by atoms with E-state index in [-0.39, 0.29) is 0 Å². The zero-order valence-electron chi connectivity index (χ0n) is 10.2. The molecular formula is C14H15ClO2S. The Hall–Kier alpha value is -1.06. The fraction of sp³-hybridized carbons (Fsp3) is 0.357. The number of hydrogen-bond acceptors (Lipinski definition) is 2. The van der Waals surface area contributed by atoms with Crippen LogP contribution in [0.2, 0.25) is 5.02 Å². The molecule has 2 aromatic rings. The van der Waals surface area contributed by atoms with E-state index in [1.807, 2.05) is 17.4 Å². The molecular weight excluding hydrogens is 268 g/mol. The molecule has 1 aliphatic rings. The zero-order chi connectivity index (χ0) is 13.1. The quantitative estimate of drug-likeness (QED) is 0.771. The van der Waals surface area contributed by atoms with Crippen LogP contribution in [0, 0.1) is 0 Å². The summed E-state index contributed by atoms with van der Waals surface area (Å²) in [7, 11) is 0. The van der Waals surface area contributed by atoms with Crippen molar-refractivity contribution >= 4 is 39.0 Å². The summed E-state index contributed by atoms with van der Waals surface area (Å²) < 4.78 is 1.40. The van der Waals surface area contributed by atoms with Crippen LogP contribution in [0.3, 0.4) is 0 Å². The number of carbonyl (C=O) groups is 1. The Labute approximate surface area is 115 Å². The van der Waals surface area contributed by atoms with Crippen molar-refractivity contribution in [1.82, 2.24) is 0 Å². The van der Waals surface area contributed by atoms with Crippen LogP contribution in [0.25, 0.3) is 10.1 Å². The summed E-state index contributed by atoms with van der Waals surface area (Å²) in [6, 6.07) is 6.27. The van der Waals surface area contributed by atoms with Gasteiger partial charge < -0.3 is 5.11 Å². The Bertz CT molecular complexity index is 570. The third kappa shape index (κ3) is 3.03. The standard InChI is InChI=1S/C12H11ClS.C2H4O2/c13-8-5-6-12-10(7-8)9-3-1-2-4-11(9)14-12;1-2(3)4/h5-7H,1-4H2;1H3,(H,3,4). The van der Waals surface area contributed by atoms with Crippen LogP contribution >= 0.6 is 22.9 Å². The van der Waals surface area contributed by atoms with Crippen LogP contribution in [0.1, 0.15) is 30.2 Å². The number of fused-ring (bicyclic) bond motifs is 3. The van der Waals surface area contributed by atoms with Crippen molar-refractivity contribution in [1.29, 1.82) is 0 Å². The summed E-state index contributed by atoms with van der Waals surface area (Å²) in [5, 5.41) is 9.68. The molecule has 3 rings (SSSR count). The van der Waals surface area contributed by atoms with E-state index in [0.717, 1.165) is 11.9 Å². The second kappa shape index (κ2) is 5.72. The monoisotopic (exact) mass is 282 g/mol. The van der Waals surface area contributed by atoms with E-state index in [0.29, 0.717) is 0 Å². The lowest BCUT2D eigenvalue weighted by Crippen LogP contribution is -1.97. The highest BCUT2D eigenvalue weighted by Crippen LogP contribution is 2.37. The van der Waals surface area contributed by atoms with Gasteiger partial charge in [-0.2, -0.15) is 0 Å². The molecule has 0 saturated heterocycles. The Kier molecular flexibility index (Phi) is 4.25. The van der Waals surface area contributed by atoms with Crippen LogP contribution in [0.4, 0.5) is 0 Å². The summed E-state index contributed by atoms with van der Waals surface area (Å²) in [6.45, 7) is 1.08. The predicted molar refractivity (Wildman–Crippen MR) is 76.8 cm³/mol. The van der Waals surface area contributed by atoms with E-state index < -0.39 is 5.97 Å². The lowest BCUT2D eigenvalue weighted by Gasteiger charge is -2.10. The number of rotatable bonds is 0. The number of halogens is 1. The van der Waals surface area contributed by atoms with Crippen molar-refractivity contribution in [3.63, 3.8) is 0 Å². The van der Waals surface area contributed by atoms with Crippen LogP contribution in [-0.2, 0) is 17.6 Å². The number of aliphatic carboxylic acids is 1. The van der Waals surface area contributed by atoms with Crippen molar-refractivity contribution in [2.75, 3.05) is 0 Å². The second-order valence-corrected chi connectivity index (χ2v) is 5.94. The molecule has 0 saturated carbocycles. The second-order valence-electron chi connectivity index (χ2n) is 4.37. The largest absolute Gasteiger partial charge is 0.481 e. The zero-order valence-corrected chi connectivity index (χ0v) is 11.8. The molecule has 1 aromatic heterocycles. The van der Waals surface area contributed by atoms with Gasteiger partial charge in [0.15, 0.2) is 0 Å². The molecule has 1 aromatic carbocycles. The van der Waals surface area contributed by atoms with Gasteiger partial charge in [0, 0.05) is 21.5 Å². The van der Waals surface area contributed by atoms with Gasteiger partial charge in [0.1, 0.15) is 0 Å². The highest BCUT2D eigenvalue weighted by atomic mass is 35.5. The molecule has 0 fully saturated rings. The number of carboxylic acids is 1. The Morgan fingerprint density at radius 1 is 1.33 bits per heavy atom. The van der Waals surface area contributed by atoms with Gasteiger partial charge in [-0.25, -0.2) is 0 Å². The van der Waals surface area contributed by atoms with Gasteiger partial charge in [-0.15, -0.1) is 11.3 Å². The minimum Gasteiger partial charge on any atom is -0.481 e. The predicted octanol–water partition coefficient (Wildman–Crippen LogP) is 4.52. The van der Waals surface area contributed by atoms with E-state index in [1.54, 1.807) is 10.4 Å². The topological polar surface area (TPSA) is 37.3 Å². The summed E-state index contributed by atoms with van der Waals surface area (Å²) in [4.78, 5) is 10.6. The fourth-order valence-electron chi connectivity index (χ4n) is 2.23. The first-order valence-electron chi connectivity index (χ1n) is 5.97. The summed E-state index contributed by atoms with van der Waals surface area (Å²) in [5.74, 6) is -0.833. The van der Waals surface area contributed by atoms with Crippen LogP contribution < -0.4 is 0 Å². The summed E-state index contributed by atoms with van der Waals surface area (Å²) >= 11 is 7.97. The number of benzene rings is 1. The first-order valence-corrected chi connectivity index (χ1v) is 7.16. The lowest BCUT2D eigenvalue weighted by atomic mass is 9.96. The Morgan fingerprint density at radius 2 is 2.00 bits per heavy atom. The normalized spacial score (nSPS) is 13.7. The maximum atomic E-state index is 9.00. The van der Waals surface area contributed by atoms with Gasteiger partial charge in [0.2, 0.25) is 0 Å². The average molecular weight is 283 g/mol. The lowest BCUT2D eigenvalue weighted by molar-refractivity contribution is -0.134. The Balaban J connectivity index is 0.000000267. The molecule has 4 heteroatoms. The first-order chi connectivity index (χ1) is 8.58. The third-order valence-corrected chi connectivity index (χ3v) is 4.43. The molecule has 0 atom stereocenters. The van der Waals surface area contributed by atoms with Gasteiger partial charge >= 0.3 is 0 Å². The SMILES string of the molecule is CC(=O)O.Clc1ccc2sc3c(c2c1)CCCC3. The fourth-order valence-corrected chi connectivity index (χ4v) is 3.68. The summed E-state index contributed by atoms with van der Waals surface area (Å²) in [6.07, 6.45) is 5.21. The maximum Gasteiger partial charge on any atom is 0.300 e. The molecule has 0 unspecified atom stereocenters. The van der Waals surface area contributed by atoms with Crippen molar-refractivity contribution in [3.05, 3.63) is 33.7 Å². The number of aryl methyl sites for hydroxylation is 2. The molecule has 1 heterocycles. The molecule has 2 nitrogen and oxygen atoms in total. The summed E-state index contributed by atoms with van der Waals surface area (Å²) in [5.41, 5.74) is 1.57. The number of carboxylic acid groups (broad SMARTS) is 1. The van der Waals surface area contributed by atoms with Gasteiger partial charge in [-0.05, 0) is 54.8 Å². The molecule has 0 spiro atoms. The first kappa shape index (κ1) is 13.4. The minimum atomic E-state index is -0.833. The molecule has 1 aliphatic carbocycles. The van der Waals surface area contributed by atoms with Crippen molar-refractivity contribution in [2.24, 2.45) is 0 Å². The van der Waals surface area contributed by atoms with Gasteiger partial charge in [0.05, 0.1) is 0 Å². The van der Waals surface area contributed by atoms with Crippen LogP contribution in [-0.4, -0.2) is 11.1 Å². The molecule has 18 heavy (non-hydrogen) atoms. The van der Waals surface area contributed by atoms with E-state index in [4.69, 9.17) is 21.5 Å². The molecule has 96 valence electrons. The van der Waals surface area contributed by atoms with Crippen molar-refractivity contribution < 1.29 is 9.90 Å². The molecule has 1 N–H and O–H groups in total. The van der Waals surface area contributed by atoms with Crippen LogP contribution in [0.15, 0.2) is 18.2 Å². The molecule has 0 radical (unpaired) electrons. The van der Waals surface area contributed by atoms with E-state index >= 15 is 0 Å². The van der Waals surface area contributed by atoms with E-state index in [9.17, 15) is 0 Å². The van der Waals surface area contributed by atoms with Gasteiger partial charge in [-0.1, -0.05) is 11.6 Å². The average Bonchev–Trinajstić information content (AvgIpc) is 2.66. The number of hydrogen-bond donors (Lipinski definition) is 1. The van der Waals surface area contributed by atoms with E-state index in [1.165, 1.54) is 35.8 Å². The number of thiophene rings is 1. The van der Waals surface area contributed by atoms with E-state index in [2.05, 4.69) is 12.1 Å². The molecule has 0 bridgehead atoms. The van der Waals surface area contributed by atoms with Gasteiger partial charge in [-0.3, -0.25) is 4.79 Å². The molecule has 0 aliphatic heterocycles. The molecule has 0 amide bonds. The maximum absolute atomic E-state index is 9.00. The third-order valence-electron chi connectivity index (χ3n) is 2.92. The van der Waals surface area contributed by atoms with Crippen molar-refractivity contribution in [2.45, 2.75) is 32.6 Å². The Morgan fingerprint density at radius 3 is 2.72 bits per heavy atom. The highest BCUT2D eigenvalue weighted by molar-refractivity contribution is 7.19. The van der Waals surface area contributed by atoms with Crippen molar-refractivity contribution in [3.8, 4) is 0 Å².